The molecule has 0 aromatic rings. The fraction of sp³-hybridized carbons (Fsp3) is 0.474. The Morgan fingerprint density at radius 3 is 2.44 bits per heavy atom. The van der Waals surface area contributed by atoms with E-state index in [1.54, 1.807) is 0 Å². The van der Waals surface area contributed by atoms with Crippen molar-refractivity contribution in [2.45, 2.75) is 37.8 Å². The average molecular weight is 346 g/mol. The maximum Gasteiger partial charge on any atom is 0.334 e. The largest absolute Gasteiger partial charge is 0.458 e. The zero-order valence-electron chi connectivity index (χ0n) is 14.1. The van der Waals surface area contributed by atoms with E-state index in [4.69, 9.17) is 9.47 Å². The highest BCUT2D eigenvalue weighted by Gasteiger charge is 2.59. The van der Waals surface area contributed by atoms with Gasteiger partial charge in [-0.05, 0) is 12.5 Å². The monoisotopic (exact) mass is 346 g/mol. The number of hydrogen-bond acceptors (Lipinski definition) is 6. The molecule has 2 saturated carbocycles. The predicted molar refractivity (Wildman–Crippen MR) is 89.1 cm³/mol. The fourth-order valence-corrected chi connectivity index (χ4v) is 4.18. The molecule has 3 rings (SSSR count). The van der Waals surface area contributed by atoms with Crippen LogP contribution in [0.4, 0.5) is 0 Å². The van der Waals surface area contributed by atoms with Crippen molar-refractivity contribution in [2.24, 2.45) is 17.8 Å². The van der Waals surface area contributed by atoms with Crippen molar-refractivity contribution in [3.63, 3.8) is 0 Å². The Kier molecular flexibility index (Phi) is 4.21. The smallest absolute Gasteiger partial charge is 0.334 e. The second-order valence-corrected chi connectivity index (χ2v) is 7.07. The SMILES string of the molecule is C=C(C)C(=O)O[C@H]1CC(=C)[C@@H]2[C@@H](O)[C@H](O)C(=C)[C@@H]2[C@@H]2OC(=O)C(=C)[C@@H]21. The standard InChI is InChI=1S/C19H22O6/c1-7(2)18(22)24-11-6-8(3)12-14(9(4)15(20)16(12)21)17-13(11)10(5)19(23)25-17/h11-17,20-21H,1,3-6H2,2H3/t11-,12-,13+,14-,15+,16+,17+/m0/s1. The van der Waals surface area contributed by atoms with Crippen LogP contribution in [0, 0.1) is 17.8 Å². The van der Waals surface area contributed by atoms with E-state index >= 15 is 0 Å². The Balaban J connectivity index is 2.03. The second-order valence-electron chi connectivity index (χ2n) is 7.07. The van der Waals surface area contributed by atoms with Gasteiger partial charge in [-0.25, -0.2) is 9.59 Å². The number of fused-ring (bicyclic) bond motifs is 3. The first kappa shape index (κ1) is 17.6. The Hall–Kier alpha value is -2.18. The lowest BCUT2D eigenvalue weighted by Gasteiger charge is -2.28. The molecular formula is C19H22O6. The molecular weight excluding hydrogens is 324 g/mol. The summed E-state index contributed by atoms with van der Waals surface area (Å²) in [5.41, 5.74) is 1.46. The highest BCUT2D eigenvalue weighted by molar-refractivity contribution is 5.91. The zero-order chi connectivity index (χ0) is 18.6. The lowest BCUT2D eigenvalue weighted by molar-refractivity contribution is -0.148. The van der Waals surface area contributed by atoms with Crippen LogP contribution < -0.4 is 0 Å². The quantitative estimate of drug-likeness (QED) is 0.441. The third kappa shape index (κ3) is 2.56. The van der Waals surface area contributed by atoms with Crippen molar-refractivity contribution in [2.75, 3.05) is 0 Å². The van der Waals surface area contributed by atoms with Crippen molar-refractivity contribution in [1.82, 2.24) is 0 Å². The first-order valence-corrected chi connectivity index (χ1v) is 8.14. The molecule has 1 heterocycles. The summed E-state index contributed by atoms with van der Waals surface area (Å²) in [6.07, 6.45) is -3.40. The highest BCUT2D eigenvalue weighted by atomic mass is 16.6. The number of aliphatic hydroxyl groups is 2. The van der Waals surface area contributed by atoms with Gasteiger partial charge in [0, 0.05) is 29.4 Å². The van der Waals surface area contributed by atoms with E-state index in [1.165, 1.54) is 6.92 Å². The molecule has 2 N–H and O–H groups in total. The van der Waals surface area contributed by atoms with E-state index in [0.29, 0.717) is 11.1 Å². The summed E-state index contributed by atoms with van der Waals surface area (Å²) in [6.45, 7) is 16.8. The topological polar surface area (TPSA) is 93.1 Å². The van der Waals surface area contributed by atoms with E-state index in [9.17, 15) is 19.8 Å². The Labute approximate surface area is 146 Å². The van der Waals surface area contributed by atoms with Crippen molar-refractivity contribution < 1.29 is 29.3 Å². The fourth-order valence-electron chi connectivity index (χ4n) is 4.18. The lowest BCUT2D eigenvalue weighted by atomic mass is 9.81. The number of carbonyl (C=O) groups is 2. The minimum atomic E-state index is -1.12. The number of rotatable bonds is 2. The number of ether oxygens (including phenoxy) is 2. The summed E-state index contributed by atoms with van der Waals surface area (Å²) >= 11 is 0. The molecule has 0 amide bonds. The number of carbonyl (C=O) groups excluding carboxylic acids is 2. The summed E-state index contributed by atoms with van der Waals surface area (Å²) in [6, 6.07) is 0. The van der Waals surface area contributed by atoms with E-state index in [2.05, 4.69) is 26.3 Å². The highest BCUT2D eigenvalue weighted by Crippen LogP contribution is 2.52. The van der Waals surface area contributed by atoms with Gasteiger partial charge in [0.2, 0.25) is 0 Å². The molecule has 0 aromatic carbocycles. The van der Waals surface area contributed by atoms with Crippen LogP contribution in [0.2, 0.25) is 0 Å². The Bertz CT molecular complexity index is 705. The maximum atomic E-state index is 12.1. The summed E-state index contributed by atoms with van der Waals surface area (Å²) < 4.78 is 11.0. The van der Waals surface area contributed by atoms with E-state index in [-0.39, 0.29) is 17.6 Å². The molecule has 6 nitrogen and oxygen atoms in total. The van der Waals surface area contributed by atoms with Gasteiger partial charge in [0.05, 0.1) is 12.0 Å². The first-order chi connectivity index (χ1) is 11.6. The summed E-state index contributed by atoms with van der Waals surface area (Å²) in [7, 11) is 0. The minimum absolute atomic E-state index is 0.210. The molecule has 2 aliphatic carbocycles. The molecule has 1 aliphatic heterocycles. The van der Waals surface area contributed by atoms with Crippen LogP contribution in [0.3, 0.4) is 0 Å². The van der Waals surface area contributed by atoms with Crippen LogP contribution in [0.5, 0.6) is 0 Å². The van der Waals surface area contributed by atoms with Gasteiger partial charge in [-0.15, -0.1) is 0 Å². The molecule has 0 radical (unpaired) electrons. The number of hydrogen-bond donors (Lipinski definition) is 2. The molecule has 0 aromatic heterocycles. The van der Waals surface area contributed by atoms with E-state index < -0.39 is 54.1 Å². The van der Waals surface area contributed by atoms with Gasteiger partial charge >= 0.3 is 11.9 Å². The second kappa shape index (κ2) is 5.97. The van der Waals surface area contributed by atoms with Gasteiger partial charge in [-0.3, -0.25) is 0 Å². The molecule has 0 spiro atoms. The molecule has 1 saturated heterocycles. The van der Waals surface area contributed by atoms with Crippen LogP contribution in [-0.2, 0) is 19.1 Å². The van der Waals surface area contributed by atoms with Crippen molar-refractivity contribution in [3.8, 4) is 0 Å². The predicted octanol–water partition coefficient (Wildman–Crippen LogP) is 1.06. The third-order valence-electron chi connectivity index (χ3n) is 5.44. The summed E-state index contributed by atoms with van der Waals surface area (Å²) in [5, 5.41) is 20.6. The first-order valence-electron chi connectivity index (χ1n) is 8.14. The Morgan fingerprint density at radius 1 is 1.20 bits per heavy atom. The van der Waals surface area contributed by atoms with Gasteiger partial charge in [0.1, 0.15) is 18.3 Å². The van der Waals surface area contributed by atoms with Crippen molar-refractivity contribution in [3.05, 3.63) is 48.6 Å². The average Bonchev–Trinajstić information content (AvgIpc) is 2.90. The van der Waals surface area contributed by atoms with Gasteiger partial charge < -0.3 is 19.7 Å². The maximum absolute atomic E-state index is 12.1. The summed E-state index contributed by atoms with van der Waals surface area (Å²) in [5.74, 6) is -2.75. The normalized spacial score (nSPS) is 40.2. The lowest BCUT2D eigenvalue weighted by Crippen LogP contribution is -2.36. The minimum Gasteiger partial charge on any atom is -0.458 e. The molecule has 3 aliphatic rings. The van der Waals surface area contributed by atoms with Gasteiger partial charge in [-0.1, -0.05) is 31.9 Å². The zero-order valence-corrected chi connectivity index (χ0v) is 14.1. The van der Waals surface area contributed by atoms with Crippen LogP contribution in [-0.4, -0.2) is 46.6 Å². The number of aliphatic hydroxyl groups excluding tert-OH is 2. The van der Waals surface area contributed by atoms with Crippen molar-refractivity contribution >= 4 is 11.9 Å². The van der Waals surface area contributed by atoms with Gasteiger partial charge in [0.25, 0.3) is 0 Å². The molecule has 25 heavy (non-hydrogen) atoms. The Morgan fingerprint density at radius 2 is 1.84 bits per heavy atom. The molecule has 6 heteroatoms. The van der Waals surface area contributed by atoms with Crippen LogP contribution in [0.1, 0.15) is 13.3 Å². The molecule has 0 bridgehead atoms. The third-order valence-corrected chi connectivity index (χ3v) is 5.44. The van der Waals surface area contributed by atoms with Crippen LogP contribution in [0.25, 0.3) is 0 Å². The van der Waals surface area contributed by atoms with Gasteiger partial charge in [0.15, 0.2) is 0 Å². The molecule has 7 atom stereocenters. The molecule has 3 fully saturated rings. The van der Waals surface area contributed by atoms with Crippen LogP contribution >= 0.6 is 0 Å². The molecule has 134 valence electrons. The molecule has 0 unspecified atom stereocenters. The van der Waals surface area contributed by atoms with E-state index in [1.807, 2.05) is 0 Å². The van der Waals surface area contributed by atoms with Crippen molar-refractivity contribution in [1.29, 1.82) is 0 Å². The van der Waals surface area contributed by atoms with Crippen LogP contribution in [0.15, 0.2) is 48.6 Å². The van der Waals surface area contributed by atoms with E-state index in [0.717, 1.165) is 0 Å². The summed E-state index contributed by atoms with van der Waals surface area (Å²) in [4.78, 5) is 24.1. The number of esters is 2. The van der Waals surface area contributed by atoms with Gasteiger partial charge in [-0.2, -0.15) is 0 Å².